The number of ether oxygens (including phenoxy) is 2. The fraction of sp³-hybridized carbons (Fsp3) is 0.737. The number of amides is 2. The van der Waals surface area contributed by atoms with Crippen molar-refractivity contribution in [1.82, 2.24) is 10.2 Å². The molecule has 0 aromatic carbocycles. The first kappa shape index (κ1) is 25.6. The van der Waals surface area contributed by atoms with Gasteiger partial charge < -0.3 is 19.7 Å². The number of alkyl carbamates (subject to hydrolysis) is 1. The molecular formula is C19H32N2O7. The van der Waals surface area contributed by atoms with E-state index in [1.165, 1.54) is 11.9 Å². The number of ketones is 2. The molecule has 0 atom stereocenters. The minimum absolute atomic E-state index is 0.0443. The lowest BCUT2D eigenvalue weighted by Gasteiger charge is -2.22. The van der Waals surface area contributed by atoms with Crippen molar-refractivity contribution in [2.24, 2.45) is 10.8 Å². The highest BCUT2D eigenvalue weighted by atomic mass is 16.7. The largest absolute Gasteiger partial charge is 0.428 e. The molecule has 0 saturated carbocycles. The van der Waals surface area contributed by atoms with Crippen LogP contribution in [0, 0.1) is 10.8 Å². The average molecular weight is 400 g/mol. The molecule has 0 aliphatic rings. The van der Waals surface area contributed by atoms with Gasteiger partial charge in [0.1, 0.15) is 12.3 Å². The zero-order chi connectivity index (χ0) is 22.1. The second kappa shape index (κ2) is 10.8. The Balaban J connectivity index is 4.07. The Morgan fingerprint density at radius 1 is 0.821 bits per heavy atom. The number of nitrogens with zero attached hydrogens (tertiary/aromatic N) is 1. The van der Waals surface area contributed by atoms with Crippen LogP contribution in [0.3, 0.4) is 0 Å². The van der Waals surface area contributed by atoms with E-state index < -0.39 is 35.6 Å². The number of carbonyl (C=O) groups excluding carboxylic acids is 5. The summed E-state index contributed by atoms with van der Waals surface area (Å²) in [4.78, 5) is 59.8. The molecule has 9 heteroatoms. The Hall–Kier alpha value is -2.45. The lowest BCUT2D eigenvalue weighted by atomic mass is 9.88. The van der Waals surface area contributed by atoms with Crippen LogP contribution in [0.1, 0.15) is 54.4 Å². The Morgan fingerprint density at radius 2 is 1.36 bits per heavy atom. The molecule has 0 saturated heterocycles. The highest BCUT2D eigenvalue weighted by Gasteiger charge is 2.24. The molecular weight excluding hydrogens is 368 g/mol. The molecule has 0 heterocycles. The number of Topliss-reactive ketones (excluding diaryl/α,β-unsaturated/α-hetero) is 2. The number of esters is 1. The maximum atomic E-state index is 11.9. The lowest BCUT2D eigenvalue weighted by Crippen LogP contribution is -2.42. The summed E-state index contributed by atoms with van der Waals surface area (Å²) in [5.41, 5.74) is -1.10. The van der Waals surface area contributed by atoms with Gasteiger partial charge in [0.25, 0.3) is 0 Å². The van der Waals surface area contributed by atoms with E-state index >= 15 is 0 Å². The molecule has 0 radical (unpaired) electrons. The highest BCUT2D eigenvalue weighted by molar-refractivity contribution is 5.90. The molecule has 28 heavy (non-hydrogen) atoms. The van der Waals surface area contributed by atoms with Crippen LogP contribution in [-0.4, -0.2) is 61.4 Å². The fourth-order valence-electron chi connectivity index (χ4n) is 1.69. The van der Waals surface area contributed by atoms with Crippen molar-refractivity contribution < 1.29 is 33.4 Å². The van der Waals surface area contributed by atoms with E-state index in [4.69, 9.17) is 4.74 Å². The third-order valence-electron chi connectivity index (χ3n) is 3.83. The van der Waals surface area contributed by atoms with Crippen LogP contribution in [0.5, 0.6) is 0 Å². The Labute approximate surface area is 166 Å². The zero-order valence-electron chi connectivity index (χ0n) is 17.8. The second-order valence-corrected chi connectivity index (χ2v) is 8.52. The SMILES string of the molecule is CN(CC(=O)C(C)(C)C)C(=O)CNC(=O)OCOC(=O)CCC(=O)C(C)(C)C. The summed E-state index contributed by atoms with van der Waals surface area (Å²) < 4.78 is 9.34. The van der Waals surface area contributed by atoms with Gasteiger partial charge in [0.05, 0.1) is 13.0 Å². The van der Waals surface area contributed by atoms with E-state index in [9.17, 15) is 24.0 Å². The maximum Gasteiger partial charge on any atom is 0.410 e. The number of likely N-dealkylation sites (N-methyl/N-ethyl adjacent to an activating group) is 1. The monoisotopic (exact) mass is 400 g/mol. The van der Waals surface area contributed by atoms with Gasteiger partial charge in [-0.05, 0) is 0 Å². The first-order valence-electron chi connectivity index (χ1n) is 9.01. The van der Waals surface area contributed by atoms with E-state index in [2.05, 4.69) is 10.1 Å². The van der Waals surface area contributed by atoms with Crippen molar-refractivity contribution in [2.75, 3.05) is 26.9 Å². The number of nitrogens with one attached hydrogen (secondary N) is 1. The van der Waals surface area contributed by atoms with Gasteiger partial charge >= 0.3 is 12.1 Å². The van der Waals surface area contributed by atoms with Crippen LogP contribution in [0.2, 0.25) is 0 Å². The maximum absolute atomic E-state index is 11.9. The van der Waals surface area contributed by atoms with E-state index in [1.54, 1.807) is 41.5 Å². The molecule has 9 nitrogen and oxygen atoms in total. The van der Waals surface area contributed by atoms with E-state index in [-0.39, 0.29) is 37.5 Å². The number of rotatable bonds is 9. The molecule has 0 aromatic rings. The van der Waals surface area contributed by atoms with Crippen LogP contribution in [-0.2, 0) is 28.7 Å². The lowest BCUT2D eigenvalue weighted by molar-refractivity contribution is -0.153. The van der Waals surface area contributed by atoms with Crippen molar-refractivity contribution in [1.29, 1.82) is 0 Å². The smallest absolute Gasteiger partial charge is 0.410 e. The van der Waals surface area contributed by atoms with Crippen molar-refractivity contribution in [3.05, 3.63) is 0 Å². The second-order valence-electron chi connectivity index (χ2n) is 8.52. The topological polar surface area (TPSA) is 119 Å². The molecule has 0 aliphatic carbocycles. The molecule has 0 unspecified atom stereocenters. The molecule has 0 bridgehead atoms. The molecule has 2 amide bonds. The molecule has 1 N–H and O–H groups in total. The average Bonchev–Trinajstić information content (AvgIpc) is 2.55. The van der Waals surface area contributed by atoms with Crippen molar-refractivity contribution in [2.45, 2.75) is 54.4 Å². The Kier molecular flexibility index (Phi) is 9.83. The Morgan fingerprint density at radius 3 is 1.86 bits per heavy atom. The minimum Gasteiger partial charge on any atom is -0.428 e. The van der Waals surface area contributed by atoms with E-state index in [0.717, 1.165) is 0 Å². The number of carbonyl (C=O) groups is 5. The van der Waals surface area contributed by atoms with Crippen LogP contribution in [0.4, 0.5) is 4.79 Å². The van der Waals surface area contributed by atoms with Gasteiger partial charge in [-0.3, -0.25) is 19.2 Å². The van der Waals surface area contributed by atoms with E-state index in [0.29, 0.717) is 0 Å². The van der Waals surface area contributed by atoms with Gasteiger partial charge in [0.2, 0.25) is 12.7 Å². The minimum atomic E-state index is -0.942. The standard InChI is InChI=1S/C19H32N2O7/c1-18(2,3)13(22)8-9-16(25)27-12-28-17(26)20-10-15(24)21(7)11-14(23)19(4,5)6/h8-12H2,1-7H3,(H,20,26). The summed E-state index contributed by atoms with van der Waals surface area (Å²) >= 11 is 0. The normalized spacial score (nSPS) is 11.4. The summed E-state index contributed by atoms with van der Waals surface area (Å²) in [7, 11) is 1.46. The van der Waals surface area contributed by atoms with Gasteiger partial charge in [0.15, 0.2) is 5.78 Å². The van der Waals surface area contributed by atoms with Crippen LogP contribution < -0.4 is 5.32 Å². The first-order chi connectivity index (χ1) is 12.6. The summed E-state index contributed by atoms with van der Waals surface area (Å²) in [6.07, 6.45) is -1.00. The van der Waals surface area contributed by atoms with Crippen molar-refractivity contribution >= 4 is 29.5 Å². The van der Waals surface area contributed by atoms with Gasteiger partial charge in [-0.15, -0.1) is 0 Å². The number of hydrogen-bond donors (Lipinski definition) is 1. The third kappa shape index (κ3) is 10.6. The first-order valence-corrected chi connectivity index (χ1v) is 9.01. The predicted octanol–water partition coefficient (Wildman–Crippen LogP) is 1.68. The van der Waals surface area contributed by atoms with Crippen molar-refractivity contribution in [3.8, 4) is 0 Å². The van der Waals surface area contributed by atoms with Crippen LogP contribution >= 0.6 is 0 Å². The van der Waals surface area contributed by atoms with Crippen molar-refractivity contribution in [3.63, 3.8) is 0 Å². The number of hydrogen-bond acceptors (Lipinski definition) is 7. The molecule has 0 rings (SSSR count). The summed E-state index contributed by atoms with van der Waals surface area (Å²) in [5, 5.41) is 2.21. The summed E-state index contributed by atoms with van der Waals surface area (Å²) in [5.74, 6) is -1.31. The van der Waals surface area contributed by atoms with Gasteiger partial charge in [-0.1, -0.05) is 41.5 Å². The molecule has 0 spiro atoms. The Bertz CT molecular complexity index is 600. The molecule has 0 fully saturated rings. The quantitative estimate of drug-likeness (QED) is 0.462. The zero-order valence-corrected chi connectivity index (χ0v) is 17.8. The van der Waals surface area contributed by atoms with E-state index in [1.807, 2.05) is 0 Å². The summed E-state index contributed by atoms with van der Waals surface area (Å²) in [6, 6.07) is 0. The highest BCUT2D eigenvalue weighted by Crippen LogP contribution is 2.17. The molecule has 160 valence electrons. The van der Waals surface area contributed by atoms with Gasteiger partial charge in [-0.25, -0.2) is 4.79 Å². The third-order valence-corrected chi connectivity index (χ3v) is 3.83. The van der Waals surface area contributed by atoms with Gasteiger partial charge in [0, 0.05) is 24.3 Å². The molecule has 0 aliphatic heterocycles. The van der Waals surface area contributed by atoms with Crippen LogP contribution in [0.15, 0.2) is 0 Å². The van der Waals surface area contributed by atoms with Crippen LogP contribution in [0.25, 0.3) is 0 Å². The summed E-state index contributed by atoms with van der Waals surface area (Å²) in [6.45, 7) is 9.48. The van der Waals surface area contributed by atoms with Gasteiger partial charge in [-0.2, -0.15) is 0 Å². The fourth-order valence-corrected chi connectivity index (χ4v) is 1.69. The predicted molar refractivity (Wildman–Crippen MR) is 101 cm³/mol. The molecule has 0 aromatic heterocycles.